The lowest BCUT2D eigenvalue weighted by atomic mass is 9.73. The summed E-state index contributed by atoms with van der Waals surface area (Å²) >= 11 is 3.51. The predicted molar refractivity (Wildman–Crippen MR) is 85.2 cm³/mol. The maximum Gasteiger partial charge on any atom is 0.274 e. The first-order valence-electron chi connectivity index (χ1n) is 7.02. The van der Waals surface area contributed by atoms with Crippen LogP contribution in [0.4, 0.5) is 11.4 Å². The van der Waals surface area contributed by atoms with Gasteiger partial charge >= 0.3 is 0 Å². The second-order valence-electron chi connectivity index (χ2n) is 6.31. The fourth-order valence-electron chi connectivity index (χ4n) is 2.92. The van der Waals surface area contributed by atoms with Gasteiger partial charge in [0.25, 0.3) is 5.69 Å². The molecule has 4 nitrogen and oxygen atoms in total. The minimum absolute atomic E-state index is 0.171. The average molecular weight is 341 g/mol. The molecular formula is C15H21BrN2O2. The summed E-state index contributed by atoms with van der Waals surface area (Å²) in [6.07, 6.45) is 4.78. The summed E-state index contributed by atoms with van der Waals surface area (Å²) in [6.45, 7) is 6.29. The number of benzene rings is 1. The monoisotopic (exact) mass is 340 g/mol. The summed E-state index contributed by atoms with van der Waals surface area (Å²) in [7, 11) is 0. The number of hydrogen-bond acceptors (Lipinski definition) is 3. The minimum Gasteiger partial charge on any atom is -0.381 e. The second kappa shape index (κ2) is 5.72. The predicted octanol–water partition coefficient (Wildman–Crippen LogP) is 5.05. The first kappa shape index (κ1) is 15.3. The molecule has 2 rings (SSSR count). The van der Waals surface area contributed by atoms with E-state index in [-0.39, 0.29) is 16.0 Å². The van der Waals surface area contributed by atoms with Crippen molar-refractivity contribution in [3.8, 4) is 0 Å². The maximum atomic E-state index is 11.1. The molecule has 1 saturated carbocycles. The van der Waals surface area contributed by atoms with Crippen molar-refractivity contribution in [3.63, 3.8) is 0 Å². The van der Waals surface area contributed by atoms with Crippen LogP contribution >= 0.6 is 15.9 Å². The Hall–Kier alpha value is -1.10. The van der Waals surface area contributed by atoms with Crippen LogP contribution in [0.5, 0.6) is 0 Å². The number of aryl methyl sites for hydroxylation is 1. The largest absolute Gasteiger partial charge is 0.381 e. The van der Waals surface area contributed by atoms with E-state index in [0.717, 1.165) is 16.6 Å². The van der Waals surface area contributed by atoms with Crippen LogP contribution in [0, 0.1) is 22.5 Å². The number of nitro benzene ring substituents is 1. The van der Waals surface area contributed by atoms with Gasteiger partial charge in [0, 0.05) is 22.1 Å². The minimum atomic E-state index is -0.320. The van der Waals surface area contributed by atoms with Gasteiger partial charge in [-0.05, 0) is 47.2 Å². The van der Waals surface area contributed by atoms with Gasteiger partial charge < -0.3 is 5.32 Å². The summed E-state index contributed by atoms with van der Waals surface area (Å²) in [5.41, 5.74) is 1.89. The fourth-order valence-corrected chi connectivity index (χ4v) is 3.49. The summed E-state index contributed by atoms with van der Waals surface area (Å²) in [6, 6.07) is 3.82. The molecule has 20 heavy (non-hydrogen) atoms. The Morgan fingerprint density at radius 3 is 2.70 bits per heavy atom. The van der Waals surface area contributed by atoms with Crippen LogP contribution in [0.1, 0.15) is 45.1 Å². The van der Waals surface area contributed by atoms with E-state index < -0.39 is 0 Å². The van der Waals surface area contributed by atoms with Crippen LogP contribution in [-0.2, 0) is 0 Å². The fraction of sp³-hybridized carbons (Fsp3) is 0.600. The van der Waals surface area contributed by atoms with E-state index in [1.807, 2.05) is 6.07 Å². The second-order valence-corrected chi connectivity index (χ2v) is 7.16. The molecule has 0 aromatic heterocycles. The van der Waals surface area contributed by atoms with Crippen LogP contribution < -0.4 is 5.32 Å². The molecule has 0 heterocycles. The molecule has 0 radical (unpaired) electrons. The van der Waals surface area contributed by atoms with Crippen molar-refractivity contribution in [3.05, 3.63) is 32.3 Å². The van der Waals surface area contributed by atoms with E-state index >= 15 is 0 Å². The van der Waals surface area contributed by atoms with Crippen molar-refractivity contribution in [1.29, 1.82) is 0 Å². The van der Waals surface area contributed by atoms with Crippen molar-refractivity contribution in [2.75, 3.05) is 5.32 Å². The Morgan fingerprint density at radius 2 is 2.10 bits per heavy atom. The summed E-state index contributed by atoms with van der Waals surface area (Å²) in [5.74, 6) is 0. The molecule has 1 aromatic carbocycles. The number of anilines is 1. The van der Waals surface area contributed by atoms with E-state index in [9.17, 15) is 10.1 Å². The van der Waals surface area contributed by atoms with E-state index in [4.69, 9.17) is 0 Å². The highest BCUT2D eigenvalue weighted by atomic mass is 79.9. The number of nitrogens with zero attached hydrogens (tertiary/aromatic N) is 1. The smallest absolute Gasteiger partial charge is 0.274 e. The Labute approximate surface area is 128 Å². The van der Waals surface area contributed by atoms with Gasteiger partial charge in [0.15, 0.2) is 0 Å². The highest BCUT2D eigenvalue weighted by Gasteiger charge is 2.32. The number of nitrogens with one attached hydrogen (secondary N) is 1. The zero-order chi connectivity index (χ0) is 14.9. The van der Waals surface area contributed by atoms with E-state index in [1.165, 1.54) is 19.3 Å². The molecule has 5 heteroatoms. The SMILES string of the molecule is Cc1cc(Br)c(NC2CCCCC2(C)C)cc1[N+](=O)[O-]. The van der Waals surface area contributed by atoms with Crippen LogP contribution in [0.25, 0.3) is 0 Å². The summed E-state index contributed by atoms with van der Waals surface area (Å²) in [4.78, 5) is 10.7. The molecule has 1 N–H and O–H groups in total. The third-order valence-corrected chi connectivity index (χ3v) is 4.98. The number of rotatable bonds is 3. The standard InChI is InChI=1S/C15H21BrN2O2/c1-10-8-11(16)12(9-13(10)18(19)20)17-14-6-4-5-7-15(14,2)3/h8-9,14,17H,4-7H2,1-3H3. The van der Waals surface area contributed by atoms with Crippen molar-refractivity contribution >= 4 is 27.3 Å². The van der Waals surface area contributed by atoms with Crippen molar-refractivity contribution < 1.29 is 4.92 Å². The molecule has 0 bridgehead atoms. The molecule has 1 aliphatic carbocycles. The molecule has 1 aliphatic rings. The van der Waals surface area contributed by atoms with Crippen molar-refractivity contribution in [2.45, 2.75) is 52.5 Å². The Bertz CT molecular complexity index is 529. The van der Waals surface area contributed by atoms with E-state index in [2.05, 4.69) is 35.1 Å². The van der Waals surface area contributed by atoms with E-state index in [0.29, 0.717) is 11.6 Å². The molecule has 0 saturated heterocycles. The molecular weight excluding hydrogens is 320 g/mol. The van der Waals surface area contributed by atoms with Gasteiger partial charge in [-0.3, -0.25) is 10.1 Å². The Morgan fingerprint density at radius 1 is 1.40 bits per heavy atom. The van der Waals surface area contributed by atoms with Crippen molar-refractivity contribution in [1.82, 2.24) is 0 Å². The van der Waals surface area contributed by atoms with Crippen LogP contribution in [-0.4, -0.2) is 11.0 Å². The van der Waals surface area contributed by atoms with E-state index in [1.54, 1.807) is 13.0 Å². The molecule has 1 aromatic rings. The molecule has 1 atom stereocenters. The molecule has 1 fully saturated rings. The normalized spacial score (nSPS) is 21.5. The third-order valence-electron chi connectivity index (χ3n) is 4.32. The molecule has 1 unspecified atom stereocenters. The van der Waals surface area contributed by atoms with Gasteiger partial charge in [-0.1, -0.05) is 26.7 Å². The average Bonchev–Trinajstić information content (AvgIpc) is 2.34. The topological polar surface area (TPSA) is 55.2 Å². The van der Waals surface area contributed by atoms with Gasteiger partial charge in [0.1, 0.15) is 0 Å². The molecule has 0 aliphatic heterocycles. The zero-order valence-corrected chi connectivity index (χ0v) is 13.8. The highest BCUT2D eigenvalue weighted by molar-refractivity contribution is 9.10. The molecule has 0 spiro atoms. The number of halogens is 1. The lowest BCUT2D eigenvalue weighted by Gasteiger charge is -2.39. The van der Waals surface area contributed by atoms with Gasteiger partial charge in [-0.2, -0.15) is 0 Å². The summed E-state index contributed by atoms with van der Waals surface area (Å²) < 4.78 is 0.891. The number of hydrogen-bond donors (Lipinski definition) is 1. The van der Waals surface area contributed by atoms with Crippen LogP contribution in [0.3, 0.4) is 0 Å². The van der Waals surface area contributed by atoms with Crippen LogP contribution in [0.15, 0.2) is 16.6 Å². The Kier molecular flexibility index (Phi) is 4.37. The first-order chi connectivity index (χ1) is 9.31. The zero-order valence-electron chi connectivity index (χ0n) is 12.2. The van der Waals surface area contributed by atoms with Crippen LogP contribution in [0.2, 0.25) is 0 Å². The Balaban J connectivity index is 2.29. The lowest BCUT2D eigenvalue weighted by molar-refractivity contribution is -0.385. The number of nitro groups is 1. The molecule has 0 amide bonds. The maximum absolute atomic E-state index is 11.1. The summed E-state index contributed by atoms with van der Waals surface area (Å²) in [5, 5.41) is 14.6. The van der Waals surface area contributed by atoms with Crippen molar-refractivity contribution in [2.24, 2.45) is 5.41 Å². The lowest BCUT2D eigenvalue weighted by Crippen LogP contribution is -2.39. The van der Waals surface area contributed by atoms with Gasteiger partial charge in [-0.25, -0.2) is 0 Å². The van der Waals surface area contributed by atoms with Gasteiger partial charge in [-0.15, -0.1) is 0 Å². The molecule has 110 valence electrons. The van der Waals surface area contributed by atoms with Gasteiger partial charge in [0.2, 0.25) is 0 Å². The third kappa shape index (κ3) is 3.14. The van der Waals surface area contributed by atoms with Gasteiger partial charge in [0.05, 0.1) is 10.6 Å². The first-order valence-corrected chi connectivity index (χ1v) is 7.81. The quantitative estimate of drug-likeness (QED) is 0.618. The highest BCUT2D eigenvalue weighted by Crippen LogP contribution is 2.39.